The van der Waals surface area contributed by atoms with Crippen LogP contribution in [0.15, 0.2) is 72.6 Å². The first-order valence-corrected chi connectivity index (χ1v) is 8.41. The summed E-state index contributed by atoms with van der Waals surface area (Å²) in [6, 6.07) is 14.1. The molecule has 0 spiro atoms. The lowest BCUT2D eigenvalue weighted by Crippen LogP contribution is -1.94. The lowest BCUT2D eigenvalue weighted by atomic mass is 10.1. The molecule has 5 heteroatoms. The second-order valence-corrected chi connectivity index (χ2v) is 6.14. The second kappa shape index (κ2) is 6.29. The van der Waals surface area contributed by atoms with Crippen molar-refractivity contribution < 1.29 is 4.74 Å². The lowest BCUT2D eigenvalue weighted by Gasteiger charge is -2.11. The number of hydrogen-bond donors (Lipinski definition) is 0. The lowest BCUT2D eigenvalue weighted by molar-refractivity contribution is 0.416. The normalized spacial score (nSPS) is 10.7. The average Bonchev–Trinajstić information content (AvgIpc) is 3.33. The van der Waals surface area contributed by atoms with Gasteiger partial charge in [0.2, 0.25) is 0 Å². The number of thiazole rings is 1. The van der Waals surface area contributed by atoms with E-state index < -0.39 is 0 Å². The Labute approximate surface area is 144 Å². The Kier molecular flexibility index (Phi) is 3.84. The van der Waals surface area contributed by atoms with Crippen LogP contribution in [0.5, 0.6) is 5.75 Å². The summed E-state index contributed by atoms with van der Waals surface area (Å²) in [5.41, 5.74) is 4.03. The highest BCUT2D eigenvalue weighted by Crippen LogP contribution is 2.31. The van der Waals surface area contributed by atoms with Crippen LogP contribution >= 0.6 is 11.3 Å². The first-order chi connectivity index (χ1) is 11.8. The molecule has 0 unspecified atom stereocenters. The minimum absolute atomic E-state index is 0.802. The van der Waals surface area contributed by atoms with Gasteiger partial charge in [-0.3, -0.25) is 4.98 Å². The zero-order valence-corrected chi connectivity index (χ0v) is 13.9. The van der Waals surface area contributed by atoms with E-state index in [0.29, 0.717) is 0 Å². The standard InChI is InChI=1S/C19H15N3OS/c1-23-18-12-15(5-6-16(18)17-4-2-3-8-20-17)22-10-7-14(13-22)19-21-9-11-24-19/h2-13H,1H3. The van der Waals surface area contributed by atoms with Crippen molar-refractivity contribution in [3.8, 4) is 33.3 Å². The number of aromatic nitrogens is 3. The molecule has 24 heavy (non-hydrogen) atoms. The Bertz CT molecular complexity index is 946. The molecule has 0 saturated heterocycles. The van der Waals surface area contributed by atoms with E-state index in [1.165, 1.54) is 0 Å². The van der Waals surface area contributed by atoms with Crippen LogP contribution in [-0.4, -0.2) is 21.6 Å². The predicted octanol–water partition coefficient (Wildman–Crippen LogP) is 4.67. The van der Waals surface area contributed by atoms with Crippen LogP contribution in [0.3, 0.4) is 0 Å². The van der Waals surface area contributed by atoms with E-state index in [9.17, 15) is 0 Å². The van der Waals surface area contributed by atoms with Crippen LogP contribution in [-0.2, 0) is 0 Å². The summed E-state index contributed by atoms with van der Waals surface area (Å²) in [6.45, 7) is 0. The van der Waals surface area contributed by atoms with Crippen molar-refractivity contribution in [2.45, 2.75) is 0 Å². The molecule has 1 aromatic carbocycles. The number of hydrogen-bond acceptors (Lipinski definition) is 4. The van der Waals surface area contributed by atoms with Crippen molar-refractivity contribution in [2.75, 3.05) is 7.11 Å². The summed E-state index contributed by atoms with van der Waals surface area (Å²) >= 11 is 1.63. The summed E-state index contributed by atoms with van der Waals surface area (Å²) in [5, 5.41) is 3.00. The Morgan fingerprint density at radius 1 is 1.04 bits per heavy atom. The average molecular weight is 333 g/mol. The number of methoxy groups -OCH3 is 1. The third-order valence-electron chi connectivity index (χ3n) is 3.80. The molecule has 3 aromatic heterocycles. The monoisotopic (exact) mass is 333 g/mol. The van der Waals surface area contributed by atoms with Gasteiger partial charge in [0, 0.05) is 53.0 Å². The van der Waals surface area contributed by atoms with Crippen molar-refractivity contribution in [2.24, 2.45) is 0 Å². The maximum atomic E-state index is 5.58. The highest BCUT2D eigenvalue weighted by molar-refractivity contribution is 7.13. The number of rotatable bonds is 4. The van der Waals surface area contributed by atoms with Gasteiger partial charge in [0.05, 0.1) is 12.8 Å². The van der Waals surface area contributed by atoms with Crippen molar-refractivity contribution in [3.63, 3.8) is 0 Å². The molecule has 0 aliphatic rings. The molecule has 3 heterocycles. The largest absolute Gasteiger partial charge is 0.496 e. The Morgan fingerprint density at radius 2 is 2.00 bits per heavy atom. The van der Waals surface area contributed by atoms with Crippen molar-refractivity contribution >= 4 is 11.3 Å². The molecule has 118 valence electrons. The number of pyridine rings is 1. The van der Waals surface area contributed by atoms with Gasteiger partial charge in [0.15, 0.2) is 0 Å². The fraction of sp³-hybridized carbons (Fsp3) is 0.0526. The number of benzene rings is 1. The molecular weight excluding hydrogens is 318 g/mol. The summed E-state index contributed by atoms with van der Waals surface area (Å²) < 4.78 is 7.65. The molecule has 0 fully saturated rings. The van der Waals surface area contributed by atoms with Gasteiger partial charge in [-0.1, -0.05) is 6.07 Å². The van der Waals surface area contributed by atoms with E-state index in [0.717, 1.165) is 33.3 Å². The smallest absolute Gasteiger partial charge is 0.130 e. The SMILES string of the molecule is COc1cc(-n2ccc(-c3nccs3)c2)ccc1-c1ccccn1. The molecule has 0 aliphatic heterocycles. The van der Waals surface area contributed by atoms with Crippen LogP contribution < -0.4 is 4.74 Å². The van der Waals surface area contributed by atoms with E-state index in [1.807, 2.05) is 48.1 Å². The van der Waals surface area contributed by atoms with E-state index in [2.05, 4.69) is 32.9 Å². The molecule has 0 aliphatic carbocycles. The van der Waals surface area contributed by atoms with Gasteiger partial charge >= 0.3 is 0 Å². The van der Waals surface area contributed by atoms with E-state index in [1.54, 1.807) is 24.6 Å². The Hall–Kier alpha value is -2.92. The molecule has 0 amide bonds. The zero-order chi connectivity index (χ0) is 16.4. The molecule has 0 bridgehead atoms. The Balaban J connectivity index is 1.72. The molecule has 0 radical (unpaired) electrons. The van der Waals surface area contributed by atoms with Gasteiger partial charge in [-0.05, 0) is 30.3 Å². The predicted molar refractivity (Wildman–Crippen MR) is 96.7 cm³/mol. The minimum Gasteiger partial charge on any atom is -0.496 e. The van der Waals surface area contributed by atoms with Gasteiger partial charge in [0.1, 0.15) is 10.8 Å². The topological polar surface area (TPSA) is 39.9 Å². The zero-order valence-electron chi connectivity index (χ0n) is 13.1. The van der Waals surface area contributed by atoms with Crippen LogP contribution in [0.4, 0.5) is 0 Å². The van der Waals surface area contributed by atoms with Gasteiger partial charge in [-0.15, -0.1) is 11.3 Å². The van der Waals surface area contributed by atoms with Gasteiger partial charge in [0.25, 0.3) is 0 Å². The highest BCUT2D eigenvalue weighted by atomic mass is 32.1. The Morgan fingerprint density at radius 3 is 2.75 bits per heavy atom. The molecule has 0 atom stereocenters. The molecule has 4 nitrogen and oxygen atoms in total. The van der Waals surface area contributed by atoms with Crippen molar-refractivity contribution in [1.82, 2.24) is 14.5 Å². The summed E-state index contributed by atoms with van der Waals surface area (Å²) in [6.07, 6.45) is 7.72. The summed E-state index contributed by atoms with van der Waals surface area (Å²) in [5.74, 6) is 0.802. The van der Waals surface area contributed by atoms with E-state index >= 15 is 0 Å². The second-order valence-electron chi connectivity index (χ2n) is 5.24. The van der Waals surface area contributed by atoms with Gasteiger partial charge in [-0.25, -0.2) is 4.98 Å². The highest BCUT2D eigenvalue weighted by Gasteiger charge is 2.10. The maximum absolute atomic E-state index is 5.58. The molecule has 4 rings (SSSR count). The minimum atomic E-state index is 0.802. The van der Waals surface area contributed by atoms with E-state index in [4.69, 9.17) is 4.74 Å². The van der Waals surface area contributed by atoms with E-state index in [-0.39, 0.29) is 0 Å². The van der Waals surface area contributed by atoms with Crippen LogP contribution in [0.2, 0.25) is 0 Å². The fourth-order valence-corrected chi connectivity index (χ4v) is 3.25. The van der Waals surface area contributed by atoms with Crippen molar-refractivity contribution in [3.05, 3.63) is 72.6 Å². The molecular formula is C19H15N3OS. The number of ether oxygens (including phenoxy) is 1. The molecule has 4 aromatic rings. The quantitative estimate of drug-likeness (QED) is 0.545. The van der Waals surface area contributed by atoms with Gasteiger partial charge in [-0.2, -0.15) is 0 Å². The van der Waals surface area contributed by atoms with Gasteiger partial charge < -0.3 is 9.30 Å². The maximum Gasteiger partial charge on any atom is 0.130 e. The van der Waals surface area contributed by atoms with Crippen molar-refractivity contribution in [1.29, 1.82) is 0 Å². The number of nitrogens with zero attached hydrogens (tertiary/aromatic N) is 3. The third kappa shape index (κ3) is 2.70. The van der Waals surface area contributed by atoms with Crippen LogP contribution in [0.25, 0.3) is 27.5 Å². The summed E-state index contributed by atoms with van der Waals surface area (Å²) in [7, 11) is 1.68. The van der Waals surface area contributed by atoms with Crippen LogP contribution in [0.1, 0.15) is 0 Å². The summed E-state index contributed by atoms with van der Waals surface area (Å²) in [4.78, 5) is 8.76. The third-order valence-corrected chi connectivity index (χ3v) is 4.62. The first-order valence-electron chi connectivity index (χ1n) is 7.53. The fourth-order valence-electron chi connectivity index (χ4n) is 2.62. The molecule has 0 saturated carbocycles. The van der Waals surface area contributed by atoms with Crippen LogP contribution in [0, 0.1) is 0 Å². The first kappa shape index (κ1) is 14.7. The molecule has 0 N–H and O–H groups in total.